The Hall–Kier alpha value is -2.28. The van der Waals surface area contributed by atoms with Crippen LogP contribution in [0.3, 0.4) is 0 Å². The quantitative estimate of drug-likeness (QED) is 0.853. The van der Waals surface area contributed by atoms with E-state index >= 15 is 0 Å². The third-order valence-electron chi connectivity index (χ3n) is 5.37. The molecule has 3 heterocycles. The normalized spacial score (nSPS) is 19.7. The molecule has 3 aliphatic rings. The molecule has 0 aromatic carbocycles. The van der Waals surface area contributed by atoms with Crippen LogP contribution in [0, 0.1) is 0 Å². The molecule has 140 valence electrons. The summed E-state index contributed by atoms with van der Waals surface area (Å²) in [7, 11) is 1.94. The number of aromatic nitrogens is 3. The number of pyridine rings is 1. The fourth-order valence-electron chi connectivity index (χ4n) is 3.55. The van der Waals surface area contributed by atoms with Crippen molar-refractivity contribution in [2.75, 3.05) is 18.2 Å². The molecule has 0 bridgehead atoms. The van der Waals surface area contributed by atoms with Gasteiger partial charge in [0.2, 0.25) is 0 Å². The monoisotopic (exact) mass is 381 g/mol. The van der Waals surface area contributed by atoms with Crippen LogP contribution in [0.15, 0.2) is 35.0 Å². The number of nitrogens with zero attached hydrogens (tertiary/aromatic N) is 4. The second kappa shape index (κ2) is 6.41. The van der Waals surface area contributed by atoms with E-state index in [2.05, 4.69) is 16.4 Å². The molecule has 0 atom stereocenters. The molecule has 0 unspecified atom stereocenters. The Morgan fingerprint density at radius 2 is 2.00 bits per heavy atom. The lowest BCUT2D eigenvalue weighted by atomic mass is 10.2. The molecule has 0 spiro atoms. The maximum atomic E-state index is 12.6. The van der Waals surface area contributed by atoms with E-state index in [0.717, 1.165) is 22.3 Å². The first-order valence-electron chi connectivity index (χ1n) is 9.52. The standard InChI is InChI=1S/C20H23N5OS/c1-12-19(24(2)11-27-12)20(26)22-15-7-8-18(21-10-15)25-17(14-5-6-14)9-16(23-25)13-3-4-13/h7-10,13-14H,3-6,11H2,1-2H3,(H,22,26). The van der Waals surface area contributed by atoms with Crippen LogP contribution in [0.1, 0.15) is 55.8 Å². The van der Waals surface area contributed by atoms with Crippen molar-refractivity contribution in [1.82, 2.24) is 19.7 Å². The van der Waals surface area contributed by atoms with Gasteiger partial charge in [0.05, 0.1) is 23.5 Å². The van der Waals surface area contributed by atoms with Crippen LogP contribution in [0.25, 0.3) is 5.82 Å². The SMILES string of the molecule is CC1=C(C(=O)Nc2ccc(-n3nc(C4CC4)cc3C3CC3)nc2)N(C)CS1. The Kier molecular flexibility index (Phi) is 4.00. The number of thioether (sulfide) groups is 1. The van der Waals surface area contributed by atoms with Gasteiger partial charge in [-0.15, -0.1) is 11.8 Å². The molecular weight excluding hydrogens is 358 g/mol. The van der Waals surface area contributed by atoms with Gasteiger partial charge in [-0.1, -0.05) is 0 Å². The van der Waals surface area contributed by atoms with Gasteiger partial charge in [0.25, 0.3) is 5.91 Å². The van der Waals surface area contributed by atoms with E-state index in [1.54, 1.807) is 18.0 Å². The second-order valence-corrected chi connectivity index (χ2v) is 8.85. The zero-order chi connectivity index (χ0) is 18.5. The highest BCUT2D eigenvalue weighted by Crippen LogP contribution is 2.45. The number of nitrogens with one attached hydrogen (secondary N) is 1. The lowest BCUT2D eigenvalue weighted by molar-refractivity contribution is -0.114. The van der Waals surface area contributed by atoms with Crippen LogP contribution in [0.2, 0.25) is 0 Å². The summed E-state index contributed by atoms with van der Waals surface area (Å²) in [6.07, 6.45) is 6.71. The van der Waals surface area contributed by atoms with E-state index in [1.807, 2.05) is 35.7 Å². The highest BCUT2D eigenvalue weighted by Gasteiger charge is 2.33. The minimum Gasteiger partial charge on any atom is -0.360 e. The zero-order valence-electron chi connectivity index (χ0n) is 15.6. The first-order valence-corrected chi connectivity index (χ1v) is 10.5. The molecule has 2 aromatic rings. The van der Waals surface area contributed by atoms with Gasteiger partial charge in [-0.2, -0.15) is 5.10 Å². The second-order valence-electron chi connectivity index (χ2n) is 7.69. The molecular formula is C20H23N5OS. The molecule has 2 fully saturated rings. The Morgan fingerprint density at radius 3 is 2.59 bits per heavy atom. The zero-order valence-corrected chi connectivity index (χ0v) is 16.4. The number of amides is 1. The topological polar surface area (TPSA) is 63.1 Å². The van der Waals surface area contributed by atoms with Gasteiger partial charge >= 0.3 is 0 Å². The van der Waals surface area contributed by atoms with E-state index in [9.17, 15) is 4.79 Å². The number of carbonyl (C=O) groups excluding carboxylic acids is 1. The van der Waals surface area contributed by atoms with Crippen LogP contribution in [0.5, 0.6) is 0 Å². The van der Waals surface area contributed by atoms with Gasteiger partial charge in [0.15, 0.2) is 5.82 Å². The summed E-state index contributed by atoms with van der Waals surface area (Å²) in [6, 6.07) is 6.13. The number of likely N-dealkylation sites (N-methyl/N-ethyl adjacent to an activating group) is 1. The third kappa shape index (κ3) is 3.25. The summed E-state index contributed by atoms with van der Waals surface area (Å²) < 4.78 is 2.00. The van der Waals surface area contributed by atoms with Gasteiger partial charge in [0, 0.05) is 29.5 Å². The van der Waals surface area contributed by atoms with Gasteiger partial charge in [0.1, 0.15) is 5.70 Å². The van der Waals surface area contributed by atoms with Crippen molar-refractivity contribution in [1.29, 1.82) is 0 Å². The van der Waals surface area contributed by atoms with E-state index in [4.69, 9.17) is 5.10 Å². The van der Waals surface area contributed by atoms with Gasteiger partial charge in [-0.05, 0) is 50.8 Å². The van der Waals surface area contributed by atoms with Crippen LogP contribution in [0.4, 0.5) is 5.69 Å². The van der Waals surface area contributed by atoms with Gasteiger partial charge in [-0.3, -0.25) is 4.79 Å². The van der Waals surface area contributed by atoms with Crippen molar-refractivity contribution >= 4 is 23.4 Å². The minimum atomic E-state index is -0.0803. The fraction of sp³-hybridized carbons (Fsp3) is 0.450. The molecule has 1 amide bonds. The smallest absolute Gasteiger partial charge is 0.272 e. The molecule has 5 rings (SSSR count). The summed E-state index contributed by atoms with van der Waals surface area (Å²) in [4.78, 5) is 20.2. The van der Waals surface area contributed by atoms with Crippen LogP contribution in [-0.4, -0.2) is 38.5 Å². The summed E-state index contributed by atoms with van der Waals surface area (Å²) in [5, 5.41) is 7.79. The van der Waals surface area contributed by atoms with E-state index in [0.29, 0.717) is 17.5 Å². The maximum Gasteiger partial charge on any atom is 0.272 e. The van der Waals surface area contributed by atoms with Crippen LogP contribution in [-0.2, 0) is 4.79 Å². The Bertz CT molecular complexity index is 924. The molecule has 1 N–H and O–H groups in total. The molecule has 1 aliphatic heterocycles. The number of carbonyl (C=O) groups is 1. The molecule has 2 aliphatic carbocycles. The van der Waals surface area contributed by atoms with Gasteiger partial charge < -0.3 is 10.2 Å². The van der Waals surface area contributed by atoms with Crippen LogP contribution < -0.4 is 5.32 Å². The highest BCUT2D eigenvalue weighted by molar-refractivity contribution is 8.03. The predicted octanol–water partition coefficient (Wildman–Crippen LogP) is 3.83. The summed E-state index contributed by atoms with van der Waals surface area (Å²) >= 11 is 1.69. The molecule has 27 heavy (non-hydrogen) atoms. The maximum absolute atomic E-state index is 12.6. The first kappa shape index (κ1) is 16.9. The predicted molar refractivity (Wildman–Crippen MR) is 107 cm³/mol. The fourth-order valence-corrected chi connectivity index (χ4v) is 4.45. The molecule has 7 heteroatoms. The molecule has 0 radical (unpaired) electrons. The Labute approximate surface area is 163 Å². The van der Waals surface area contributed by atoms with E-state index in [1.165, 1.54) is 37.1 Å². The Balaban J connectivity index is 1.36. The van der Waals surface area contributed by atoms with Crippen molar-refractivity contribution in [3.63, 3.8) is 0 Å². The van der Waals surface area contributed by atoms with Crippen molar-refractivity contribution in [3.8, 4) is 5.82 Å². The lowest BCUT2D eigenvalue weighted by Crippen LogP contribution is -2.25. The molecule has 2 aromatic heterocycles. The number of hydrogen-bond acceptors (Lipinski definition) is 5. The highest BCUT2D eigenvalue weighted by atomic mass is 32.2. The average Bonchev–Trinajstić information content (AvgIpc) is 3.59. The minimum absolute atomic E-state index is 0.0803. The summed E-state index contributed by atoms with van der Waals surface area (Å²) in [6.45, 7) is 1.99. The lowest BCUT2D eigenvalue weighted by Gasteiger charge is -2.15. The van der Waals surface area contributed by atoms with E-state index in [-0.39, 0.29) is 5.91 Å². The van der Waals surface area contributed by atoms with Crippen molar-refractivity contribution < 1.29 is 4.79 Å². The third-order valence-corrected chi connectivity index (χ3v) is 6.52. The van der Waals surface area contributed by atoms with Crippen LogP contribution >= 0.6 is 11.8 Å². The van der Waals surface area contributed by atoms with Gasteiger partial charge in [-0.25, -0.2) is 9.67 Å². The largest absolute Gasteiger partial charge is 0.360 e. The number of rotatable bonds is 5. The summed E-state index contributed by atoms with van der Waals surface area (Å²) in [5.41, 5.74) is 3.94. The first-order chi connectivity index (χ1) is 13.1. The van der Waals surface area contributed by atoms with Crippen molar-refractivity contribution in [3.05, 3.63) is 46.4 Å². The van der Waals surface area contributed by atoms with E-state index < -0.39 is 0 Å². The number of hydrogen-bond donors (Lipinski definition) is 1. The molecule has 0 saturated heterocycles. The molecule has 2 saturated carbocycles. The van der Waals surface area contributed by atoms with Crippen molar-refractivity contribution in [2.45, 2.75) is 44.4 Å². The molecule has 6 nitrogen and oxygen atoms in total. The summed E-state index contributed by atoms with van der Waals surface area (Å²) in [5.74, 6) is 2.82. The number of anilines is 1. The number of allylic oxidation sites excluding steroid dienone is 1. The average molecular weight is 382 g/mol. The van der Waals surface area contributed by atoms with Crippen molar-refractivity contribution in [2.24, 2.45) is 0 Å². The Morgan fingerprint density at radius 1 is 1.22 bits per heavy atom.